The fourth-order valence-electron chi connectivity index (χ4n) is 1.13. The van der Waals surface area contributed by atoms with Crippen LogP contribution in [-0.4, -0.2) is 23.3 Å². The van der Waals surface area contributed by atoms with Crippen molar-refractivity contribution in [3.05, 3.63) is 11.6 Å². The lowest BCUT2D eigenvalue weighted by Gasteiger charge is -2.16. The number of hydrogen-bond acceptors (Lipinski definition) is 1. The van der Waals surface area contributed by atoms with E-state index in [1.807, 2.05) is 0 Å². The summed E-state index contributed by atoms with van der Waals surface area (Å²) in [7, 11) is 0. The zero-order chi connectivity index (χ0) is 8.43. The van der Waals surface area contributed by atoms with Crippen LogP contribution in [0.2, 0.25) is 0 Å². The van der Waals surface area contributed by atoms with Crippen molar-refractivity contribution in [2.75, 3.05) is 0 Å². The maximum atomic E-state index is 12.7. The predicted molar refractivity (Wildman–Crippen MR) is 36.5 cm³/mol. The fourth-order valence-corrected chi connectivity index (χ4v) is 1.13. The number of alkyl halides is 1. The summed E-state index contributed by atoms with van der Waals surface area (Å²) < 4.78 is 12.7. The van der Waals surface area contributed by atoms with Gasteiger partial charge in [0.2, 0.25) is 0 Å². The van der Waals surface area contributed by atoms with Crippen molar-refractivity contribution in [2.24, 2.45) is 0 Å². The van der Waals surface area contributed by atoms with Gasteiger partial charge in [-0.2, -0.15) is 0 Å². The molecular formula is C7H11FNO2+. The van der Waals surface area contributed by atoms with Crippen molar-refractivity contribution >= 4 is 5.97 Å². The molecule has 4 heteroatoms. The molecule has 11 heavy (non-hydrogen) atoms. The van der Waals surface area contributed by atoms with Gasteiger partial charge in [-0.25, -0.2) is 9.18 Å². The highest BCUT2D eigenvalue weighted by atomic mass is 19.1. The molecule has 0 aromatic rings. The van der Waals surface area contributed by atoms with E-state index < -0.39 is 18.2 Å². The van der Waals surface area contributed by atoms with Crippen LogP contribution in [-0.2, 0) is 4.79 Å². The van der Waals surface area contributed by atoms with Gasteiger partial charge in [0.15, 0.2) is 6.17 Å². The first-order valence-corrected chi connectivity index (χ1v) is 3.52. The minimum Gasteiger partial charge on any atom is -0.478 e. The molecule has 0 amide bonds. The van der Waals surface area contributed by atoms with Gasteiger partial charge in [0.05, 0.1) is 0 Å². The fraction of sp³-hybridized carbons (Fsp3) is 0.571. The van der Waals surface area contributed by atoms with Crippen LogP contribution in [0.5, 0.6) is 0 Å². The molecule has 0 bridgehead atoms. The largest absolute Gasteiger partial charge is 0.478 e. The molecule has 2 atom stereocenters. The quantitative estimate of drug-likeness (QED) is 0.555. The van der Waals surface area contributed by atoms with Crippen LogP contribution in [0.4, 0.5) is 4.39 Å². The molecule has 3 nitrogen and oxygen atoms in total. The minimum absolute atomic E-state index is 0.284. The van der Waals surface area contributed by atoms with Crippen LogP contribution in [0.15, 0.2) is 11.6 Å². The van der Waals surface area contributed by atoms with Gasteiger partial charge in [0.25, 0.3) is 0 Å². The lowest BCUT2D eigenvalue weighted by Crippen LogP contribution is -2.65. The molecule has 0 spiro atoms. The normalized spacial score (nSPS) is 31.3. The highest BCUT2D eigenvalue weighted by Crippen LogP contribution is 2.18. The summed E-state index contributed by atoms with van der Waals surface area (Å²) in [6.45, 7) is 0. The maximum Gasteiger partial charge on any atom is 0.331 e. The molecule has 62 valence electrons. The Morgan fingerprint density at radius 1 is 1.82 bits per heavy atom. The molecule has 0 saturated carbocycles. The van der Waals surface area contributed by atoms with Crippen LogP contribution in [0.3, 0.4) is 0 Å². The second-order valence-electron chi connectivity index (χ2n) is 2.72. The van der Waals surface area contributed by atoms with Gasteiger partial charge >= 0.3 is 5.97 Å². The highest BCUT2D eigenvalue weighted by Gasteiger charge is 2.26. The zero-order valence-electron chi connectivity index (χ0n) is 6.09. The van der Waals surface area contributed by atoms with Gasteiger partial charge in [-0.3, -0.25) is 0 Å². The van der Waals surface area contributed by atoms with Crippen molar-refractivity contribution in [1.29, 1.82) is 0 Å². The molecule has 0 aliphatic heterocycles. The van der Waals surface area contributed by atoms with Crippen molar-refractivity contribution in [3.8, 4) is 0 Å². The number of halogens is 1. The standard InChI is InChI=1S/C7H10FNO2/c8-5-2-1-4(7(10)11)3-6(5)9/h3,5-6H,1-2,9H2,(H,10,11)/p+1/t5-,6-/m0/s1. The third-order valence-corrected chi connectivity index (χ3v) is 1.84. The Morgan fingerprint density at radius 2 is 2.45 bits per heavy atom. The molecule has 0 heterocycles. The molecule has 1 aliphatic carbocycles. The van der Waals surface area contributed by atoms with Gasteiger partial charge < -0.3 is 10.8 Å². The number of aliphatic carboxylic acids is 1. The molecule has 0 unspecified atom stereocenters. The zero-order valence-corrected chi connectivity index (χ0v) is 6.09. The topological polar surface area (TPSA) is 64.9 Å². The average Bonchev–Trinajstić information content (AvgIpc) is 1.94. The average molecular weight is 160 g/mol. The Kier molecular flexibility index (Phi) is 2.24. The summed E-state index contributed by atoms with van der Waals surface area (Å²) in [4.78, 5) is 10.4. The van der Waals surface area contributed by atoms with E-state index in [-0.39, 0.29) is 6.42 Å². The summed E-state index contributed by atoms with van der Waals surface area (Å²) in [6, 6.07) is -0.491. The van der Waals surface area contributed by atoms with Crippen molar-refractivity contribution < 1.29 is 20.0 Å². The number of carbonyl (C=O) groups is 1. The first-order valence-electron chi connectivity index (χ1n) is 3.52. The molecule has 4 N–H and O–H groups in total. The van der Waals surface area contributed by atoms with E-state index in [9.17, 15) is 9.18 Å². The smallest absolute Gasteiger partial charge is 0.331 e. The minimum atomic E-state index is -0.974. The Labute approximate surface area is 63.7 Å². The molecule has 1 aliphatic rings. The maximum absolute atomic E-state index is 12.7. The van der Waals surface area contributed by atoms with E-state index in [0.29, 0.717) is 12.0 Å². The lowest BCUT2D eigenvalue weighted by atomic mass is 9.95. The van der Waals surface area contributed by atoms with Gasteiger partial charge in [-0.05, 0) is 18.9 Å². The Hall–Kier alpha value is -0.900. The van der Waals surface area contributed by atoms with Crippen LogP contribution in [0.1, 0.15) is 12.8 Å². The van der Waals surface area contributed by atoms with Crippen LogP contribution in [0, 0.1) is 0 Å². The molecule has 0 fully saturated rings. The Balaban J connectivity index is 2.71. The molecular weight excluding hydrogens is 149 g/mol. The van der Waals surface area contributed by atoms with Gasteiger partial charge in [-0.15, -0.1) is 0 Å². The summed E-state index contributed by atoms with van der Waals surface area (Å²) in [6.07, 6.45) is 1.03. The Morgan fingerprint density at radius 3 is 2.91 bits per heavy atom. The number of rotatable bonds is 1. The molecule has 0 saturated heterocycles. The van der Waals surface area contributed by atoms with Crippen molar-refractivity contribution in [2.45, 2.75) is 25.1 Å². The van der Waals surface area contributed by atoms with Gasteiger partial charge in [0, 0.05) is 5.57 Å². The highest BCUT2D eigenvalue weighted by molar-refractivity contribution is 5.86. The third-order valence-electron chi connectivity index (χ3n) is 1.84. The van der Waals surface area contributed by atoms with Crippen LogP contribution < -0.4 is 5.73 Å². The summed E-state index contributed by atoms with van der Waals surface area (Å²) in [5.41, 5.74) is 3.79. The lowest BCUT2D eigenvalue weighted by molar-refractivity contribution is -0.417. The number of hydrogen-bond donors (Lipinski definition) is 2. The predicted octanol–water partition coefficient (Wildman–Crippen LogP) is -0.260. The van der Waals surface area contributed by atoms with Crippen molar-refractivity contribution in [3.63, 3.8) is 0 Å². The third kappa shape index (κ3) is 1.77. The molecule has 0 radical (unpaired) electrons. The summed E-state index contributed by atoms with van der Waals surface area (Å²) in [5.74, 6) is -0.953. The monoisotopic (exact) mass is 160 g/mol. The first-order chi connectivity index (χ1) is 5.11. The van der Waals surface area contributed by atoms with E-state index in [0.717, 1.165) is 0 Å². The summed E-state index contributed by atoms with van der Waals surface area (Å²) >= 11 is 0. The van der Waals surface area contributed by atoms with Crippen LogP contribution >= 0.6 is 0 Å². The Bertz CT molecular complexity index is 203. The molecule has 0 aromatic heterocycles. The van der Waals surface area contributed by atoms with E-state index >= 15 is 0 Å². The second-order valence-corrected chi connectivity index (χ2v) is 2.72. The SMILES string of the molecule is [NH3+][C@H]1C=C(C(=O)O)CC[C@@H]1F. The number of carboxylic acids is 1. The van der Waals surface area contributed by atoms with Crippen LogP contribution in [0.25, 0.3) is 0 Å². The number of quaternary nitrogens is 1. The van der Waals surface area contributed by atoms with E-state index in [1.165, 1.54) is 6.08 Å². The van der Waals surface area contributed by atoms with Gasteiger partial charge in [0.1, 0.15) is 6.04 Å². The van der Waals surface area contributed by atoms with Gasteiger partial charge in [-0.1, -0.05) is 0 Å². The summed E-state index contributed by atoms with van der Waals surface area (Å²) in [5, 5.41) is 8.52. The second kappa shape index (κ2) is 3.00. The first kappa shape index (κ1) is 8.20. The van der Waals surface area contributed by atoms with E-state index in [1.54, 1.807) is 0 Å². The number of carboxylic acid groups (broad SMARTS) is 1. The van der Waals surface area contributed by atoms with Crippen molar-refractivity contribution in [1.82, 2.24) is 0 Å². The van der Waals surface area contributed by atoms with E-state index in [2.05, 4.69) is 5.73 Å². The van der Waals surface area contributed by atoms with E-state index in [4.69, 9.17) is 5.11 Å². The molecule has 0 aromatic carbocycles. The molecule has 1 rings (SSSR count).